The number of hydrogen-bond donors (Lipinski definition) is 1. The summed E-state index contributed by atoms with van der Waals surface area (Å²) in [4.78, 5) is 12.2. The number of carbonyl (C=O) groups excluding carboxylic acids is 1. The monoisotopic (exact) mass is 283 g/mol. The molecular formula is C17H17NOS. The van der Waals surface area contributed by atoms with Crippen molar-refractivity contribution in [2.75, 3.05) is 11.6 Å². The number of benzene rings is 2. The first-order valence-electron chi connectivity index (χ1n) is 6.38. The van der Waals surface area contributed by atoms with Crippen LogP contribution in [-0.2, 0) is 4.79 Å². The molecule has 102 valence electrons. The van der Waals surface area contributed by atoms with Gasteiger partial charge >= 0.3 is 0 Å². The standard InChI is InChI=1S/C17H17NOS/c1-13(19)18-16-11-10-15(17(12-16)20-2)9-8-14-6-4-3-5-7-14/h3-12H,1-2H3,(H,18,19)/b9-8+. The van der Waals surface area contributed by atoms with Crippen LogP contribution in [0.25, 0.3) is 12.2 Å². The fourth-order valence-electron chi connectivity index (χ4n) is 1.88. The molecule has 3 heteroatoms. The second-order valence-electron chi connectivity index (χ2n) is 4.38. The molecule has 0 fully saturated rings. The van der Waals surface area contributed by atoms with Gasteiger partial charge in [-0.25, -0.2) is 0 Å². The van der Waals surface area contributed by atoms with Crippen molar-refractivity contribution in [1.29, 1.82) is 0 Å². The van der Waals surface area contributed by atoms with Crippen LogP contribution in [0.2, 0.25) is 0 Å². The predicted octanol–water partition coefficient (Wildman–Crippen LogP) is 4.54. The van der Waals surface area contributed by atoms with E-state index in [-0.39, 0.29) is 5.91 Å². The number of carbonyl (C=O) groups is 1. The van der Waals surface area contributed by atoms with Gasteiger partial charge in [0.05, 0.1) is 0 Å². The minimum Gasteiger partial charge on any atom is -0.326 e. The SMILES string of the molecule is CSc1cc(NC(C)=O)ccc1/C=C/c1ccccc1. The number of thioether (sulfide) groups is 1. The highest BCUT2D eigenvalue weighted by molar-refractivity contribution is 7.98. The second-order valence-corrected chi connectivity index (χ2v) is 5.23. The van der Waals surface area contributed by atoms with Gasteiger partial charge in [-0.05, 0) is 29.5 Å². The van der Waals surface area contributed by atoms with Gasteiger partial charge in [0.15, 0.2) is 0 Å². The summed E-state index contributed by atoms with van der Waals surface area (Å²) in [5.41, 5.74) is 3.15. The molecule has 0 atom stereocenters. The third-order valence-corrected chi connectivity index (χ3v) is 3.60. The Hall–Kier alpha value is -2.00. The predicted molar refractivity (Wildman–Crippen MR) is 87.9 cm³/mol. The summed E-state index contributed by atoms with van der Waals surface area (Å²) in [6.45, 7) is 1.52. The molecule has 0 bridgehead atoms. The van der Waals surface area contributed by atoms with E-state index in [4.69, 9.17) is 0 Å². The quantitative estimate of drug-likeness (QED) is 0.659. The summed E-state index contributed by atoms with van der Waals surface area (Å²) in [5.74, 6) is -0.0513. The van der Waals surface area contributed by atoms with Gasteiger partial charge in [0, 0.05) is 17.5 Å². The van der Waals surface area contributed by atoms with E-state index in [0.29, 0.717) is 0 Å². The summed E-state index contributed by atoms with van der Waals surface area (Å²) in [6, 6.07) is 16.1. The van der Waals surface area contributed by atoms with E-state index in [2.05, 4.69) is 29.6 Å². The highest BCUT2D eigenvalue weighted by atomic mass is 32.2. The van der Waals surface area contributed by atoms with Crippen molar-refractivity contribution >= 4 is 35.5 Å². The molecule has 0 spiro atoms. The lowest BCUT2D eigenvalue weighted by atomic mass is 10.1. The minimum atomic E-state index is -0.0513. The maximum absolute atomic E-state index is 11.1. The first-order valence-corrected chi connectivity index (χ1v) is 7.60. The third-order valence-electron chi connectivity index (χ3n) is 2.81. The second kappa shape index (κ2) is 6.96. The van der Waals surface area contributed by atoms with E-state index < -0.39 is 0 Å². The highest BCUT2D eigenvalue weighted by Crippen LogP contribution is 2.26. The van der Waals surface area contributed by atoms with E-state index in [0.717, 1.165) is 16.1 Å². The zero-order valence-corrected chi connectivity index (χ0v) is 12.4. The van der Waals surface area contributed by atoms with Gasteiger partial charge < -0.3 is 5.32 Å². The van der Waals surface area contributed by atoms with E-state index in [9.17, 15) is 4.79 Å². The van der Waals surface area contributed by atoms with Gasteiger partial charge in [-0.1, -0.05) is 48.6 Å². The summed E-state index contributed by atoms with van der Waals surface area (Å²) >= 11 is 1.67. The molecule has 1 N–H and O–H groups in total. The largest absolute Gasteiger partial charge is 0.326 e. The molecule has 0 heterocycles. The molecule has 0 aliphatic heterocycles. The lowest BCUT2D eigenvalue weighted by Crippen LogP contribution is -2.05. The minimum absolute atomic E-state index is 0.0513. The van der Waals surface area contributed by atoms with Crippen LogP contribution in [0.15, 0.2) is 53.4 Å². The van der Waals surface area contributed by atoms with Crippen LogP contribution < -0.4 is 5.32 Å². The molecule has 2 rings (SSSR count). The van der Waals surface area contributed by atoms with Crippen molar-refractivity contribution < 1.29 is 4.79 Å². The first kappa shape index (κ1) is 14.4. The fraction of sp³-hybridized carbons (Fsp3) is 0.118. The molecule has 1 amide bonds. The molecule has 0 aliphatic carbocycles. The fourth-order valence-corrected chi connectivity index (χ4v) is 2.50. The van der Waals surface area contributed by atoms with Crippen LogP contribution >= 0.6 is 11.8 Å². The molecule has 2 aromatic rings. The van der Waals surface area contributed by atoms with Crippen molar-refractivity contribution in [2.24, 2.45) is 0 Å². The number of rotatable bonds is 4. The van der Waals surface area contributed by atoms with E-state index in [1.165, 1.54) is 12.5 Å². The van der Waals surface area contributed by atoms with Crippen LogP contribution in [0, 0.1) is 0 Å². The van der Waals surface area contributed by atoms with Crippen LogP contribution in [0.3, 0.4) is 0 Å². The number of amides is 1. The summed E-state index contributed by atoms with van der Waals surface area (Å²) in [7, 11) is 0. The van der Waals surface area contributed by atoms with Crippen molar-refractivity contribution in [1.82, 2.24) is 0 Å². The van der Waals surface area contributed by atoms with Gasteiger partial charge in [-0.3, -0.25) is 4.79 Å². The van der Waals surface area contributed by atoms with Crippen LogP contribution in [-0.4, -0.2) is 12.2 Å². The van der Waals surface area contributed by atoms with Crippen molar-refractivity contribution in [3.63, 3.8) is 0 Å². The van der Waals surface area contributed by atoms with Gasteiger partial charge in [-0.15, -0.1) is 11.8 Å². The Morgan fingerprint density at radius 2 is 1.85 bits per heavy atom. The van der Waals surface area contributed by atoms with Crippen LogP contribution in [0.1, 0.15) is 18.1 Å². The van der Waals surface area contributed by atoms with Gasteiger partial charge in [-0.2, -0.15) is 0 Å². The van der Waals surface area contributed by atoms with Gasteiger partial charge in [0.1, 0.15) is 0 Å². The summed E-state index contributed by atoms with van der Waals surface area (Å²) < 4.78 is 0. The molecule has 0 aromatic heterocycles. The Bertz CT molecular complexity index is 620. The molecule has 0 saturated heterocycles. The zero-order chi connectivity index (χ0) is 14.4. The average Bonchev–Trinajstić information content (AvgIpc) is 2.46. The Labute approximate surface area is 123 Å². The Morgan fingerprint density at radius 1 is 1.10 bits per heavy atom. The molecular weight excluding hydrogens is 266 g/mol. The summed E-state index contributed by atoms with van der Waals surface area (Å²) in [5, 5.41) is 2.80. The maximum atomic E-state index is 11.1. The van der Waals surface area contributed by atoms with Gasteiger partial charge in [0.2, 0.25) is 5.91 Å². The molecule has 0 aliphatic rings. The topological polar surface area (TPSA) is 29.1 Å². The van der Waals surface area contributed by atoms with Crippen LogP contribution in [0.4, 0.5) is 5.69 Å². The molecule has 2 nitrogen and oxygen atoms in total. The van der Waals surface area contributed by atoms with Crippen LogP contribution in [0.5, 0.6) is 0 Å². The third kappa shape index (κ3) is 4.00. The van der Waals surface area contributed by atoms with Gasteiger partial charge in [0.25, 0.3) is 0 Å². The Morgan fingerprint density at radius 3 is 2.50 bits per heavy atom. The number of hydrogen-bond acceptors (Lipinski definition) is 2. The molecule has 2 aromatic carbocycles. The zero-order valence-electron chi connectivity index (χ0n) is 11.6. The molecule has 20 heavy (non-hydrogen) atoms. The summed E-state index contributed by atoms with van der Waals surface area (Å²) in [6.07, 6.45) is 6.22. The van der Waals surface area contributed by atoms with E-state index >= 15 is 0 Å². The molecule has 0 radical (unpaired) electrons. The van der Waals surface area contributed by atoms with Crippen molar-refractivity contribution in [3.8, 4) is 0 Å². The van der Waals surface area contributed by atoms with Crippen molar-refractivity contribution in [2.45, 2.75) is 11.8 Å². The van der Waals surface area contributed by atoms with E-state index in [1.807, 2.05) is 42.7 Å². The Kier molecular flexibility index (Phi) is 5.02. The molecule has 0 unspecified atom stereocenters. The smallest absolute Gasteiger partial charge is 0.221 e. The van der Waals surface area contributed by atoms with E-state index in [1.54, 1.807) is 11.8 Å². The highest BCUT2D eigenvalue weighted by Gasteiger charge is 2.02. The maximum Gasteiger partial charge on any atom is 0.221 e. The number of anilines is 1. The molecule has 0 saturated carbocycles. The average molecular weight is 283 g/mol. The Balaban J connectivity index is 2.23. The first-order chi connectivity index (χ1) is 9.69. The van der Waals surface area contributed by atoms with Crippen molar-refractivity contribution in [3.05, 3.63) is 59.7 Å². The lowest BCUT2D eigenvalue weighted by Gasteiger charge is -2.07. The lowest BCUT2D eigenvalue weighted by molar-refractivity contribution is -0.114. The normalized spacial score (nSPS) is 10.7. The number of nitrogens with one attached hydrogen (secondary N) is 1.